The fraction of sp³-hybridized carbons (Fsp3) is 0.286. The van der Waals surface area contributed by atoms with E-state index in [-0.39, 0.29) is 22.3 Å². The number of anilines is 2. The summed E-state index contributed by atoms with van der Waals surface area (Å²) in [6.07, 6.45) is -4.43. The number of hydrogen-bond acceptors (Lipinski definition) is 6. The number of alkyl halides is 3. The lowest BCUT2D eigenvalue weighted by Gasteiger charge is -2.08. The van der Waals surface area contributed by atoms with Gasteiger partial charge in [-0.2, -0.15) is 13.2 Å². The van der Waals surface area contributed by atoms with E-state index in [0.717, 1.165) is 23.5 Å². The molecule has 23 heavy (non-hydrogen) atoms. The Morgan fingerprint density at radius 1 is 1.35 bits per heavy atom. The standard InChI is InChI=1S/C14H13F3N2O3S/c1-21-7-10-11(12(20)22-2)23-13(19-10)18-9-5-3-4-8(6-9)14(15,16)17/h3-6H,7H2,1-2H3,(H,18,19). The van der Waals surface area contributed by atoms with Gasteiger partial charge in [0.15, 0.2) is 5.13 Å². The van der Waals surface area contributed by atoms with Gasteiger partial charge in [0.25, 0.3) is 0 Å². The molecular formula is C14H13F3N2O3S. The number of esters is 1. The Balaban J connectivity index is 2.28. The molecule has 2 aromatic rings. The van der Waals surface area contributed by atoms with Gasteiger partial charge in [0.2, 0.25) is 0 Å². The number of nitrogens with one attached hydrogen (secondary N) is 1. The van der Waals surface area contributed by atoms with Crippen LogP contribution in [0.2, 0.25) is 0 Å². The molecule has 1 heterocycles. The molecule has 1 aromatic carbocycles. The number of nitrogens with zero attached hydrogens (tertiary/aromatic N) is 1. The Labute approximate surface area is 134 Å². The Morgan fingerprint density at radius 3 is 2.70 bits per heavy atom. The highest BCUT2D eigenvalue weighted by atomic mass is 32.1. The third kappa shape index (κ3) is 4.20. The minimum absolute atomic E-state index is 0.0885. The van der Waals surface area contributed by atoms with E-state index in [1.54, 1.807) is 0 Å². The molecule has 1 aromatic heterocycles. The van der Waals surface area contributed by atoms with Crippen LogP contribution in [0.15, 0.2) is 24.3 Å². The summed E-state index contributed by atoms with van der Waals surface area (Å²) >= 11 is 0.982. The highest BCUT2D eigenvalue weighted by molar-refractivity contribution is 7.17. The highest BCUT2D eigenvalue weighted by Gasteiger charge is 2.30. The smallest absolute Gasteiger partial charge is 0.416 e. The molecule has 0 bridgehead atoms. The van der Waals surface area contributed by atoms with Crippen molar-refractivity contribution in [2.45, 2.75) is 12.8 Å². The molecule has 9 heteroatoms. The summed E-state index contributed by atoms with van der Waals surface area (Å²) in [6.45, 7) is 0.0885. The molecule has 0 saturated carbocycles. The van der Waals surface area contributed by atoms with Gasteiger partial charge in [-0.1, -0.05) is 17.4 Å². The van der Waals surface area contributed by atoms with Crippen LogP contribution in [0.5, 0.6) is 0 Å². The van der Waals surface area contributed by atoms with Gasteiger partial charge in [0, 0.05) is 12.8 Å². The van der Waals surface area contributed by atoms with Gasteiger partial charge in [-0.25, -0.2) is 9.78 Å². The van der Waals surface area contributed by atoms with Crippen LogP contribution in [0.1, 0.15) is 20.9 Å². The number of ether oxygens (including phenoxy) is 2. The predicted molar refractivity (Wildman–Crippen MR) is 78.9 cm³/mol. The molecule has 0 amide bonds. The molecule has 0 saturated heterocycles. The molecule has 0 radical (unpaired) electrons. The molecule has 5 nitrogen and oxygen atoms in total. The van der Waals surface area contributed by atoms with Crippen molar-refractivity contribution in [3.05, 3.63) is 40.4 Å². The van der Waals surface area contributed by atoms with E-state index >= 15 is 0 Å². The van der Waals surface area contributed by atoms with E-state index in [2.05, 4.69) is 15.0 Å². The minimum Gasteiger partial charge on any atom is -0.465 e. The number of methoxy groups -OCH3 is 2. The number of benzene rings is 1. The van der Waals surface area contributed by atoms with Crippen LogP contribution in [-0.4, -0.2) is 25.2 Å². The van der Waals surface area contributed by atoms with Gasteiger partial charge >= 0.3 is 12.1 Å². The van der Waals surface area contributed by atoms with Crippen molar-refractivity contribution in [1.82, 2.24) is 4.98 Å². The summed E-state index contributed by atoms with van der Waals surface area (Å²) < 4.78 is 47.7. The summed E-state index contributed by atoms with van der Waals surface area (Å²) in [5.74, 6) is -0.577. The minimum atomic E-state index is -4.43. The van der Waals surface area contributed by atoms with E-state index in [0.29, 0.717) is 5.69 Å². The van der Waals surface area contributed by atoms with Crippen molar-refractivity contribution in [3.8, 4) is 0 Å². The van der Waals surface area contributed by atoms with Crippen LogP contribution >= 0.6 is 11.3 Å². The number of thiazole rings is 1. The second-order valence-electron chi connectivity index (χ2n) is 4.42. The normalized spacial score (nSPS) is 11.3. The maximum atomic E-state index is 12.7. The fourth-order valence-corrected chi connectivity index (χ4v) is 2.70. The van der Waals surface area contributed by atoms with Crippen LogP contribution in [0.3, 0.4) is 0 Å². The first-order chi connectivity index (χ1) is 10.8. The number of halogens is 3. The van der Waals surface area contributed by atoms with Crippen molar-refractivity contribution in [1.29, 1.82) is 0 Å². The zero-order valence-corrected chi connectivity index (χ0v) is 13.0. The van der Waals surface area contributed by atoms with Crippen molar-refractivity contribution >= 4 is 28.1 Å². The SMILES string of the molecule is COCc1nc(Nc2cccc(C(F)(F)F)c2)sc1C(=O)OC. The average Bonchev–Trinajstić information content (AvgIpc) is 2.89. The predicted octanol–water partition coefficient (Wildman–Crippen LogP) is 3.84. The molecule has 1 N–H and O–H groups in total. The monoisotopic (exact) mass is 346 g/mol. The Morgan fingerprint density at radius 2 is 2.09 bits per heavy atom. The van der Waals surface area contributed by atoms with Crippen LogP contribution in [0.25, 0.3) is 0 Å². The van der Waals surface area contributed by atoms with Crippen LogP contribution in [0.4, 0.5) is 24.0 Å². The molecule has 2 rings (SSSR count). The second kappa shape index (κ2) is 6.97. The molecule has 0 aliphatic carbocycles. The van der Waals surface area contributed by atoms with E-state index in [9.17, 15) is 18.0 Å². The summed E-state index contributed by atoms with van der Waals surface area (Å²) in [6, 6.07) is 4.71. The van der Waals surface area contributed by atoms with Crippen molar-refractivity contribution < 1.29 is 27.4 Å². The maximum absolute atomic E-state index is 12.7. The van der Waals surface area contributed by atoms with Crippen molar-refractivity contribution in [2.75, 3.05) is 19.5 Å². The van der Waals surface area contributed by atoms with Gasteiger partial charge in [0.1, 0.15) is 4.88 Å². The van der Waals surface area contributed by atoms with E-state index in [1.165, 1.54) is 26.4 Å². The second-order valence-corrected chi connectivity index (χ2v) is 5.42. The summed E-state index contributed by atoms with van der Waals surface area (Å²) in [4.78, 5) is 16.1. The molecule has 0 aliphatic heterocycles. The molecule has 0 unspecified atom stereocenters. The number of carbonyl (C=O) groups excluding carboxylic acids is 1. The zero-order valence-electron chi connectivity index (χ0n) is 12.2. The first-order valence-corrected chi connectivity index (χ1v) is 7.18. The number of carbonyl (C=O) groups is 1. The van der Waals surface area contributed by atoms with Gasteiger partial charge in [0.05, 0.1) is 25.0 Å². The summed E-state index contributed by atoms with van der Waals surface area (Å²) in [7, 11) is 2.68. The largest absolute Gasteiger partial charge is 0.465 e. The average molecular weight is 346 g/mol. The van der Waals surface area contributed by atoms with Crippen molar-refractivity contribution in [3.63, 3.8) is 0 Å². The lowest BCUT2D eigenvalue weighted by Crippen LogP contribution is -2.05. The third-order valence-corrected chi connectivity index (χ3v) is 3.78. The topological polar surface area (TPSA) is 60.5 Å². The molecule has 0 spiro atoms. The quantitative estimate of drug-likeness (QED) is 0.834. The van der Waals surface area contributed by atoms with Crippen molar-refractivity contribution in [2.24, 2.45) is 0 Å². The van der Waals surface area contributed by atoms with E-state index in [1.807, 2.05) is 0 Å². The number of aromatic nitrogens is 1. The molecule has 0 fully saturated rings. The van der Waals surface area contributed by atoms with Crippen LogP contribution < -0.4 is 5.32 Å². The van der Waals surface area contributed by atoms with E-state index < -0.39 is 17.7 Å². The Hall–Kier alpha value is -2.13. The lowest BCUT2D eigenvalue weighted by molar-refractivity contribution is -0.137. The summed E-state index contributed by atoms with van der Waals surface area (Å²) in [5, 5.41) is 3.03. The summed E-state index contributed by atoms with van der Waals surface area (Å²) in [5.41, 5.74) is -0.197. The Bertz CT molecular complexity index is 701. The highest BCUT2D eigenvalue weighted by Crippen LogP contribution is 2.32. The molecule has 124 valence electrons. The van der Waals surface area contributed by atoms with Gasteiger partial charge < -0.3 is 14.8 Å². The molecule has 0 atom stereocenters. The Kier molecular flexibility index (Phi) is 5.22. The van der Waals surface area contributed by atoms with Crippen LogP contribution in [-0.2, 0) is 22.3 Å². The maximum Gasteiger partial charge on any atom is 0.416 e. The first-order valence-electron chi connectivity index (χ1n) is 6.36. The van der Waals surface area contributed by atoms with Gasteiger partial charge in [-0.15, -0.1) is 0 Å². The third-order valence-electron chi connectivity index (χ3n) is 2.79. The van der Waals surface area contributed by atoms with Crippen LogP contribution in [0, 0.1) is 0 Å². The van der Waals surface area contributed by atoms with E-state index in [4.69, 9.17) is 4.74 Å². The number of rotatable bonds is 5. The lowest BCUT2D eigenvalue weighted by atomic mass is 10.2. The van der Waals surface area contributed by atoms with Gasteiger partial charge in [-0.05, 0) is 18.2 Å². The zero-order chi connectivity index (χ0) is 17.0. The van der Waals surface area contributed by atoms with Gasteiger partial charge in [-0.3, -0.25) is 0 Å². The molecule has 0 aliphatic rings. The number of hydrogen-bond donors (Lipinski definition) is 1. The fourth-order valence-electron chi connectivity index (χ4n) is 1.79. The molecular weight excluding hydrogens is 333 g/mol. The first kappa shape index (κ1) is 17.2.